The summed E-state index contributed by atoms with van der Waals surface area (Å²) in [7, 11) is 1.51. The van der Waals surface area contributed by atoms with Crippen LogP contribution in [0.3, 0.4) is 0 Å². The second kappa shape index (κ2) is 10.1. The highest BCUT2D eigenvalue weighted by molar-refractivity contribution is 5.86. The molecule has 0 aromatic rings. The van der Waals surface area contributed by atoms with Gasteiger partial charge in [-0.05, 0) is 25.7 Å². The number of nitrogens with one attached hydrogen (secondary N) is 3. The Kier molecular flexibility index (Phi) is 9.15. The first-order valence-electron chi connectivity index (χ1n) is 6.88. The first-order valence-corrected chi connectivity index (χ1v) is 6.88. The molecule has 2 unspecified atom stereocenters. The molecule has 7 heteroatoms. The van der Waals surface area contributed by atoms with Gasteiger partial charge in [0.15, 0.2) is 0 Å². The molecule has 0 fully saturated rings. The van der Waals surface area contributed by atoms with E-state index in [1.165, 1.54) is 7.05 Å². The number of rotatable bonds is 9. The maximum absolute atomic E-state index is 11.5. The maximum atomic E-state index is 11.5. The minimum atomic E-state index is -0.798. The van der Waals surface area contributed by atoms with E-state index in [0.717, 1.165) is 12.8 Å². The van der Waals surface area contributed by atoms with E-state index < -0.39 is 18.0 Å². The third-order valence-electron chi connectivity index (χ3n) is 3.17. The Morgan fingerprint density at radius 2 is 1.85 bits per heavy atom. The topological polar surface area (TPSA) is 108 Å². The average Bonchev–Trinajstić information content (AvgIpc) is 2.41. The number of likely N-dealkylation sites (N-methyl/N-ethyl adjacent to an activating group) is 1. The fraction of sp³-hybridized carbons (Fsp3) is 0.769. The van der Waals surface area contributed by atoms with Crippen molar-refractivity contribution in [3.63, 3.8) is 0 Å². The van der Waals surface area contributed by atoms with Crippen molar-refractivity contribution >= 4 is 17.9 Å². The van der Waals surface area contributed by atoms with Crippen molar-refractivity contribution in [1.29, 1.82) is 0 Å². The zero-order chi connectivity index (χ0) is 15.5. The first kappa shape index (κ1) is 18.2. The standard InChI is InChI=1S/C13H25N3O4/c1-4-10(5-6-11(17)18)7-8-15-13(20)16-9(2)12(19)14-3/h9-10H,4-8H2,1-3H3,(H,14,19)(H,17,18)(H2,15,16,20). The minimum Gasteiger partial charge on any atom is -0.481 e. The third kappa shape index (κ3) is 8.34. The van der Waals surface area contributed by atoms with Gasteiger partial charge in [0.1, 0.15) is 6.04 Å². The van der Waals surface area contributed by atoms with Crippen LogP contribution in [0, 0.1) is 5.92 Å². The van der Waals surface area contributed by atoms with Gasteiger partial charge in [0, 0.05) is 20.0 Å². The molecule has 4 N–H and O–H groups in total. The average molecular weight is 287 g/mol. The number of amides is 3. The molecular formula is C13H25N3O4. The number of urea groups is 1. The van der Waals surface area contributed by atoms with Crippen LogP contribution < -0.4 is 16.0 Å². The maximum Gasteiger partial charge on any atom is 0.315 e. The number of aliphatic carboxylic acids is 1. The van der Waals surface area contributed by atoms with Crippen LogP contribution in [-0.2, 0) is 9.59 Å². The predicted molar refractivity (Wildman–Crippen MR) is 75.3 cm³/mol. The largest absolute Gasteiger partial charge is 0.481 e. The van der Waals surface area contributed by atoms with E-state index >= 15 is 0 Å². The molecule has 0 spiro atoms. The molecule has 0 bridgehead atoms. The fourth-order valence-electron chi connectivity index (χ4n) is 1.80. The van der Waals surface area contributed by atoms with Crippen molar-refractivity contribution in [3.8, 4) is 0 Å². The van der Waals surface area contributed by atoms with Gasteiger partial charge in [-0.1, -0.05) is 13.3 Å². The van der Waals surface area contributed by atoms with Gasteiger partial charge >= 0.3 is 12.0 Å². The summed E-state index contributed by atoms with van der Waals surface area (Å²) >= 11 is 0. The highest BCUT2D eigenvalue weighted by Gasteiger charge is 2.14. The Morgan fingerprint density at radius 3 is 2.35 bits per heavy atom. The zero-order valence-electron chi connectivity index (χ0n) is 12.4. The molecule has 20 heavy (non-hydrogen) atoms. The molecule has 116 valence electrons. The Morgan fingerprint density at radius 1 is 1.20 bits per heavy atom. The first-order chi connectivity index (χ1) is 9.40. The second-order valence-electron chi connectivity index (χ2n) is 4.73. The number of carboxylic acids is 1. The monoisotopic (exact) mass is 287 g/mol. The van der Waals surface area contributed by atoms with Crippen LogP contribution >= 0.6 is 0 Å². The van der Waals surface area contributed by atoms with E-state index in [9.17, 15) is 14.4 Å². The van der Waals surface area contributed by atoms with Crippen molar-refractivity contribution in [2.24, 2.45) is 5.92 Å². The lowest BCUT2D eigenvalue weighted by molar-refractivity contribution is -0.137. The summed E-state index contributed by atoms with van der Waals surface area (Å²) in [4.78, 5) is 33.2. The van der Waals surface area contributed by atoms with Crippen molar-refractivity contribution in [2.45, 2.75) is 45.6 Å². The number of carboxylic acid groups (broad SMARTS) is 1. The van der Waals surface area contributed by atoms with Crippen molar-refractivity contribution in [1.82, 2.24) is 16.0 Å². The summed E-state index contributed by atoms with van der Waals surface area (Å²) in [5.41, 5.74) is 0. The molecule has 0 saturated heterocycles. The molecule has 0 aliphatic carbocycles. The summed E-state index contributed by atoms with van der Waals surface area (Å²) < 4.78 is 0. The van der Waals surface area contributed by atoms with Crippen LogP contribution in [0.5, 0.6) is 0 Å². The summed E-state index contributed by atoms with van der Waals surface area (Å²) in [6, 6.07) is -0.983. The van der Waals surface area contributed by atoms with E-state index in [1.54, 1.807) is 6.92 Å². The Hall–Kier alpha value is -1.79. The number of hydrogen-bond donors (Lipinski definition) is 4. The molecule has 0 aliphatic heterocycles. The van der Waals surface area contributed by atoms with Gasteiger partial charge in [-0.3, -0.25) is 9.59 Å². The molecule has 0 rings (SSSR count). The minimum absolute atomic E-state index is 0.151. The van der Waals surface area contributed by atoms with Crippen LogP contribution in [0.4, 0.5) is 4.79 Å². The van der Waals surface area contributed by atoms with Crippen LogP contribution in [-0.4, -0.2) is 42.6 Å². The number of hydrogen-bond acceptors (Lipinski definition) is 3. The van der Waals surface area contributed by atoms with Gasteiger partial charge in [0.2, 0.25) is 5.91 Å². The van der Waals surface area contributed by atoms with Gasteiger partial charge in [0.25, 0.3) is 0 Å². The molecule has 2 atom stereocenters. The molecule has 0 aromatic carbocycles. The summed E-state index contributed by atoms with van der Waals surface area (Å²) in [6.45, 7) is 4.06. The summed E-state index contributed by atoms with van der Waals surface area (Å²) in [5.74, 6) is -0.774. The van der Waals surface area contributed by atoms with E-state index in [1.807, 2.05) is 6.92 Å². The molecule has 7 nitrogen and oxygen atoms in total. The fourth-order valence-corrected chi connectivity index (χ4v) is 1.80. The highest BCUT2D eigenvalue weighted by atomic mass is 16.4. The molecule has 0 saturated carbocycles. The van der Waals surface area contributed by atoms with Crippen molar-refractivity contribution < 1.29 is 19.5 Å². The van der Waals surface area contributed by atoms with E-state index in [-0.39, 0.29) is 18.2 Å². The lowest BCUT2D eigenvalue weighted by Crippen LogP contribution is -2.47. The van der Waals surface area contributed by atoms with Gasteiger partial charge in [-0.2, -0.15) is 0 Å². The van der Waals surface area contributed by atoms with Crippen molar-refractivity contribution in [3.05, 3.63) is 0 Å². The summed E-state index contributed by atoms with van der Waals surface area (Å²) in [6.07, 6.45) is 2.37. The Labute approximate surface area is 119 Å². The van der Waals surface area contributed by atoms with Crippen LogP contribution in [0.2, 0.25) is 0 Å². The molecule has 3 amide bonds. The molecule has 0 radical (unpaired) electrons. The van der Waals surface area contributed by atoms with Gasteiger partial charge in [-0.15, -0.1) is 0 Å². The predicted octanol–water partition coefficient (Wildman–Crippen LogP) is 0.701. The number of carbonyl (C=O) groups is 3. The lowest BCUT2D eigenvalue weighted by Gasteiger charge is -2.16. The van der Waals surface area contributed by atoms with E-state index in [2.05, 4.69) is 16.0 Å². The second-order valence-corrected chi connectivity index (χ2v) is 4.73. The third-order valence-corrected chi connectivity index (χ3v) is 3.17. The molecular weight excluding hydrogens is 262 g/mol. The lowest BCUT2D eigenvalue weighted by atomic mass is 9.97. The van der Waals surface area contributed by atoms with E-state index in [4.69, 9.17) is 5.11 Å². The van der Waals surface area contributed by atoms with Gasteiger partial charge in [-0.25, -0.2) is 4.79 Å². The Bertz CT molecular complexity index is 334. The normalized spacial score (nSPS) is 13.2. The van der Waals surface area contributed by atoms with Crippen LogP contribution in [0.1, 0.15) is 39.5 Å². The van der Waals surface area contributed by atoms with Gasteiger partial charge in [0.05, 0.1) is 0 Å². The molecule has 0 heterocycles. The molecule has 0 aromatic heterocycles. The van der Waals surface area contributed by atoms with Gasteiger partial charge < -0.3 is 21.1 Å². The zero-order valence-corrected chi connectivity index (χ0v) is 12.4. The Balaban J connectivity index is 3.88. The number of carbonyl (C=O) groups excluding carboxylic acids is 2. The molecule has 0 aliphatic rings. The SMILES string of the molecule is CCC(CCNC(=O)NC(C)C(=O)NC)CCC(=O)O. The smallest absolute Gasteiger partial charge is 0.315 e. The van der Waals surface area contributed by atoms with Crippen LogP contribution in [0.25, 0.3) is 0 Å². The van der Waals surface area contributed by atoms with E-state index in [0.29, 0.717) is 13.0 Å². The van der Waals surface area contributed by atoms with Crippen LogP contribution in [0.15, 0.2) is 0 Å². The van der Waals surface area contributed by atoms with Crippen molar-refractivity contribution in [2.75, 3.05) is 13.6 Å². The summed E-state index contributed by atoms with van der Waals surface area (Å²) in [5, 5.41) is 16.3. The quantitative estimate of drug-likeness (QED) is 0.500. The highest BCUT2D eigenvalue weighted by Crippen LogP contribution is 2.14.